The number of ether oxygens (including phenoxy) is 1. The van der Waals surface area contributed by atoms with Crippen LogP contribution in [0.2, 0.25) is 0 Å². The van der Waals surface area contributed by atoms with E-state index in [9.17, 15) is 0 Å². The fraction of sp³-hybridized carbons (Fsp3) is 0.667. The van der Waals surface area contributed by atoms with Crippen molar-refractivity contribution < 1.29 is 4.74 Å². The summed E-state index contributed by atoms with van der Waals surface area (Å²) in [4.78, 5) is 7.91. The highest BCUT2D eigenvalue weighted by Gasteiger charge is 2.26. The molecule has 1 aromatic heterocycles. The van der Waals surface area contributed by atoms with Gasteiger partial charge in [0.1, 0.15) is 10.5 Å². The summed E-state index contributed by atoms with van der Waals surface area (Å²) < 4.78 is 6.22. The van der Waals surface area contributed by atoms with Gasteiger partial charge in [0.2, 0.25) is 0 Å². The molecule has 3 nitrogen and oxygen atoms in total. The van der Waals surface area contributed by atoms with Gasteiger partial charge in [0, 0.05) is 18.2 Å². The number of hydrogen-bond acceptors (Lipinski definition) is 3. The van der Waals surface area contributed by atoms with Crippen LogP contribution in [0.15, 0.2) is 6.07 Å². The Kier molecular flexibility index (Phi) is 2.77. The van der Waals surface area contributed by atoms with Crippen LogP contribution in [0.3, 0.4) is 0 Å². The molecule has 2 heterocycles. The van der Waals surface area contributed by atoms with Gasteiger partial charge in [-0.1, -0.05) is 12.2 Å². The second-order valence-electron chi connectivity index (χ2n) is 4.75. The van der Waals surface area contributed by atoms with Crippen LogP contribution in [0.1, 0.15) is 49.0 Å². The molecule has 0 radical (unpaired) electrons. The third-order valence-electron chi connectivity index (χ3n) is 3.35. The summed E-state index contributed by atoms with van der Waals surface area (Å²) >= 11 is 5.23. The van der Waals surface area contributed by atoms with Crippen molar-refractivity contribution in [3.8, 4) is 0 Å². The lowest BCUT2D eigenvalue weighted by Gasteiger charge is -2.21. The van der Waals surface area contributed by atoms with Crippen LogP contribution in [0, 0.1) is 4.64 Å². The molecule has 0 bridgehead atoms. The van der Waals surface area contributed by atoms with Gasteiger partial charge in [-0.2, -0.15) is 0 Å². The van der Waals surface area contributed by atoms with E-state index in [0.29, 0.717) is 11.8 Å². The molecule has 2 fully saturated rings. The third-order valence-corrected chi connectivity index (χ3v) is 3.56. The maximum absolute atomic E-state index is 5.50. The summed E-state index contributed by atoms with van der Waals surface area (Å²) in [5.41, 5.74) is 1.28. The van der Waals surface area contributed by atoms with Crippen molar-refractivity contribution in [1.82, 2.24) is 9.97 Å². The van der Waals surface area contributed by atoms with Gasteiger partial charge < -0.3 is 9.72 Å². The molecule has 2 aliphatic rings. The molecular weight excluding hydrogens is 220 g/mol. The number of nitrogens with one attached hydrogen (secondary N) is 1. The molecule has 16 heavy (non-hydrogen) atoms. The first-order chi connectivity index (χ1) is 7.83. The van der Waals surface area contributed by atoms with E-state index in [1.807, 2.05) is 6.07 Å². The van der Waals surface area contributed by atoms with Crippen LogP contribution >= 0.6 is 12.2 Å². The molecule has 86 valence electrons. The molecule has 1 saturated heterocycles. The zero-order valence-electron chi connectivity index (χ0n) is 9.24. The van der Waals surface area contributed by atoms with Crippen LogP contribution in [-0.2, 0) is 4.74 Å². The Balaban J connectivity index is 1.89. The van der Waals surface area contributed by atoms with Crippen LogP contribution in [0.25, 0.3) is 0 Å². The minimum absolute atomic E-state index is 0.411. The van der Waals surface area contributed by atoms with E-state index < -0.39 is 0 Å². The highest BCUT2D eigenvalue weighted by Crippen LogP contribution is 2.39. The van der Waals surface area contributed by atoms with Crippen molar-refractivity contribution in [2.24, 2.45) is 0 Å². The van der Waals surface area contributed by atoms with E-state index in [1.165, 1.54) is 18.5 Å². The third kappa shape index (κ3) is 2.18. The van der Waals surface area contributed by atoms with E-state index in [0.717, 1.165) is 36.5 Å². The fourth-order valence-electron chi connectivity index (χ4n) is 2.26. The van der Waals surface area contributed by atoms with Crippen molar-refractivity contribution in [2.75, 3.05) is 13.2 Å². The van der Waals surface area contributed by atoms with E-state index in [-0.39, 0.29) is 0 Å². The van der Waals surface area contributed by atoms with Gasteiger partial charge in [-0.3, -0.25) is 0 Å². The molecule has 1 N–H and O–H groups in total. The average molecular weight is 236 g/mol. The first-order valence-electron chi connectivity index (χ1n) is 6.02. The van der Waals surface area contributed by atoms with E-state index in [4.69, 9.17) is 17.0 Å². The zero-order valence-corrected chi connectivity index (χ0v) is 10.1. The molecule has 0 aromatic carbocycles. The largest absolute Gasteiger partial charge is 0.381 e. The van der Waals surface area contributed by atoms with Crippen molar-refractivity contribution in [3.63, 3.8) is 0 Å². The van der Waals surface area contributed by atoms with Gasteiger partial charge >= 0.3 is 0 Å². The molecule has 1 aliphatic carbocycles. The first-order valence-corrected chi connectivity index (χ1v) is 6.42. The zero-order chi connectivity index (χ0) is 11.0. The molecular formula is C12H16N2OS. The number of H-pyrrole nitrogens is 1. The number of hydrogen-bond donors (Lipinski definition) is 1. The molecule has 0 amide bonds. The van der Waals surface area contributed by atoms with Gasteiger partial charge in [0.25, 0.3) is 0 Å². The van der Waals surface area contributed by atoms with E-state index >= 15 is 0 Å². The van der Waals surface area contributed by atoms with Crippen LogP contribution in [0.5, 0.6) is 0 Å². The van der Waals surface area contributed by atoms with E-state index in [2.05, 4.69) is 9.97 Å². The van der Waals surface area contributed by atoms with Crippen molar-refractivity contribution in [1.29, 1.82) is 0 Å². The summed E-state index contributed by atoms with van der Waals surface area (Å²) in [5, 5.41) is 0. The lowest BCUT2D eigenvalue weighted by molar-refractivity contribution is 0.0779. The van der Waals surface area contributed by atoms with Crippen molar-refractivity contribution >= 4 is 12.2 Å². The van der Waals surface area contributed by atoms with Crippen LogP contribution < -0.4 is 0 Å². The summed E-state index contributed by atoms with van der Waals surface area (Å²) in [6.07, 6.45) is 4.86. The minimum Gasteiger partial charge on any atom is -0.381 e. The minimum atomic E-state index is 0.411. The summed E-state index contributed by atoms with van der Waals surface area (Å²) in [6.45, 7) is 1.67. The maximum Gasteiger partial charge on any atom is 0.130 e. The van der Waals surface area contributed by atoms with Crippen molar-refractivity contribution in [2.45, 2.75) is 37.5 Å². The molecule has 0 spiro atoms. The summed E-state index contributed by atoms with van der Waals surface area (Å²) in [7, 11) is 0. The SMILES string of the molecule is S=c1cc(C2CC2)[nH]c(C2CCCOC2)n1. The Morgan fingerprint density at radius 2 is 2.19 bits per heavy atom. The fourth-order valence-corrected chi connectivity index (χ4v) is 2.49. The highest BCUT2D eigenvalue weighted by atomic mass is 32.1. The van der Waals surface area contributed by atoms with E-state index in [1.54, 1.807) is 0 Å². The van der Waals surface area contributed by atoms with Crippen LogP contribution in [-0.4, -0.2) is 23.2 Å². The van der Waals surface area contributed by atoms with Gasteiger partial charge in [0.05, 0.1) is 6.61 Å². The Morgan fingerprint density at radius 1 is 1.31 bits per heavy atom. The topological polar surface area (TPSA) is 37.9 Å². The second kappa shape index (κ2) is 4.26. The summed E-state index contributed by atoms with van der Waals surface area (Å²) in [6, 6.07) is 2.01. The lowest BCUT2D eigenvalue weighted by atomic mass is 10.0. The molecule has 1 saturated carbocycles. The molecule has 1 aliphatic heterocycles. The molecule has 1 aromatic rings. The monoisotopic (exact) mass is 236 g/mol. The normalized spacial score (nSPS) is 25.6. The first kappa shape index (κ1) is 10.4. The maximum atomic E-state index is 5.50. The second-order valence-corrected chi connectivity index (χ2v) is 5.17. The van der Waals surface area contributed by atoms with Crippen molar-refractivity contribution in [3.05, 3.63) is 22.2 Å². The molecule has 4 heteroatoms. The van der Waals surface area contributed by atoms with Gasteiger partial charge in [-0.05, 0) is 37.7 Å². The number of rotatable bonds is 2. The number of nitrogens with zero attached hydrogens (tertiary/aromatic N) is 1. The average Bonchev–Trinajstić information content (AvgIpc) is 3.13. The van der Waals surface area contributed by atoms with Gasteiger partial charge in [-0.15, -0.1) is 0 Å². The Hall–Kier alpha value is -0.740. The predicted molar refractivity (Wildman–Crippen MR) is 64.2 cm³/mol. The number of aromatic amines is 1. The Bertz CT molecular complexity index is 433. The molecule has 3 rings (SSSR count). The van der Waals surface area contributed by atoms with Gasteiger partial charge in [-0.25, -0.2) is 4.98 Å². The lowest BCUT2D eigenvalue weighted by Crippen LogP contribution is -2.18. The van der Waals surface area contributed by atoms with Crippen LogP contribution in [0.4, 0.5) is 0 Å². The Morgan fingerprint density at radius 3 is 2.88 bits per heavy atom. The standard InChI is InChI=1S/C12H16N2OS/c16-11-6-10(8-3-4-8)13-12(14-11)9-2-1-5-15-7-9/h6,8-9H,1-5,7H2,(H,13,14,16). The summed E-state index contributed by atoms with van der Waals surface area (Å²) in [5.74, 6) is 2.15. The Labute approximate surface area is 100 Å². The quantitative estimate of drug-likeness (QED) is 0.802. The highest BCUT2D eigenvalue weighted by molar-refractivity contribution is 7.71. The smallest absolute Gasteiger partial charge is 0.130 e. The van der Waals surface area contributed by atoms with Gasteiger partial charge in [0.15, 0.2) is 0 Å². The molecule has 1 atom stereocenters. The molecule has 1 unspecified atom stereocenters. The number of aromatic nitrogens is 2. The predicted octanol–water partition coefficient (Wildman–Crippen LogP) is 2.91.